The summed E-state index contributed by atoms with van der Waals surface area (Å²) in [6, 6.07) is -0.0979. The molecule has 1 saturated heterocycles. The van der Waals surface area contributed by atoms with Crippen LogP contribution in [0.25, 0.3) is 0 Å². The number of carbonyl (C=O) groups excluding carboxylic acids is 2. The summed E-state index contributed by atoms with van der Waals surface area (Å²) < 4.78 is 0. The lowest BCUT2D eigenvalue weighted by Gasteiger charge is -2.38. The number of hydroxylamine groups is 2. The minimum absolute atomic E-state index is 0.0979. The van der Waals surface area contributed by atoms with Gasteiger partial charge >= 0.3 is 5.97 Å². The molecule has 1 fully saturated rings. The summed E-state index contributed by atoms with van der Waals surface area (Å²) in [4.78, 5) is 39.3. The van der Waals surface area contributed by atoms with Crippen LogP contribution in [-0.2, 0) is 9.63 Å². The Morgan fingerprint density at radius 3 is 2.48 bits per heavy atom. The van der Waals surface area contributed by atoms with Crippen molar-refractivity contribution in [2.24, 2.45) is 5.41 Å². The van der Waals surface area contributed by atoms with Crippen molar-refractivity contribution in [2.75, 3.05) is 19.6 Å². The topological polar surface area (TPSA) is 75.6 Å². The zero-order valence-corrected chi connectivity index (χ0v) is 14.5. The number of piperazine rings is 1. The molecule has 0 aliphatic carbocycles. The molecule has 1 atom stereocenters. The van der Waals surface area contributed by atoms with Gasteiger partial charge < -0.3 is 9.74 Å². The van der Waals surface area contributed by atoms with Gasteiger partial charge in [0.1, 0.15) is 10.8 Å². The normalized spacial score (nSPS) is 19.5. The Hall–Kier alpha value is -1.73. The molecule has 2 heterocycles. The summed E-state index contributed by atoms with van der Waals surface area (Å²) >= 11 is 5.68. The second-order valence-electron chi connectivity index (χ2n) is 6.59. The number of rotatable bonds is 2. The smallest absolute Gasteiger partial charge is 0.330 e. The molecule has 0 aromatic carbocycles. The molecule has 1 aliphatic heterocycles. The number of halogens is 1. The van der Waals surface area contributed by atoms with Crippen molar-refractivity contribution in [3.8, 4) is 0 Å². The van der Waals surface area contributed by atoms with E-state index in [1.54, 1.807) is 30.7 Å². The van der Waals surface area contributed by atoms with Gasteiger partial charge in [0, 0.05) is 13.1 Å². The van der Waals surface area contributed by atoms with Crippen LogP contribution >= 0.6 is 11.6 Å². The number of hydrogen-bond acceptors (Lipinski definition) is 6. The average molecular weight is 341 g/mol. The fourth-order valence-corrected chi connectivity index (χ4v) is 2.19. The first kappa shape index (κ1) is 17.6. The molecule has 0 spiro atoms. The van der Waals surface area contributed by atoms with E-state index in [1.807, 2.05) is 6.92 Å². The Balaban J connectivity index is 1.97. The van der Waals surface area contributed by atoms with Gasteiger partial charge in [-0.25, -0.2) is 14.8 Å². The van der Waals surface area contributed by atoms with Crippen molar-refractivity contribution in [3.05, 3.63) is 23.2 Å². The van der Waals surface area contributed by atoms with Gasteiger partial charge in [-0.05, 0) is 27.7 Å². The molecule has 0 bridgehead atoms. The Bertz CT molecular complexity index is 585. The number of amides is 1. The molecule has 1 aromatic rings. The van der Waals surface area contributed by atoms with Gasteiger partial charge in [-0.2, -0.15) is 0 Å². The van der Waals surface area contributed by atoms with Crippen LogP contribution in [0.1, 0.15) is 38.2 Å². The Labute approximate surface area is 140 Å². The van der Waals surface area contributed by atoms with E-state index >= 15 is 0 Å². The molecule has 23 heavy (non-hydrogen) atoms. The molecular weight excluding hydrogens is 320 g/mol. The van der Waals surface area contributed by atoms with Crippen LogP contribution in [-0.4, -0.2) is 57.5 Å². The van der Waals surface area contributed by atoms with Crippen molar-refractivity contribution in [1.29, 1.82) is 0 Å². The highest BCUT2D eigenvalue weighted by atomic mass is 35.5. The lowest BCUT2D eigenvalue weighted by Crippen LogP contribution is -2.54. The van der Waals surface area contributed by atoms with Gasteiger partial charge in [0.05, 0.1) is 30.4 Å². The first-order valence-electron chi connectivity index (χ1n) is 7.44. The first-order valence-corrected chi connectivity index (χ1v) is 7.82. The summed E-state index contributed by atoms with van der Waals surface area (Å²) in [6.45, 7) is 8.67. The zero-order valence-electron chi connectivity index (χ0n) is 13.7. The minimum atomic E-state index is -0.564. The van der Waals surface area contributed by atoms with E-state index < -0.39 is 5.41 Å². The highest BCUT2D eigenvalue weighted by Gasteiger charge is 2.33. The highest BCUT2D eigenvalue weighted by Crippen LogP contribution is 2.19. The third-order valence-corrected chi connectivity index (χ3v) is 3.70. The number of aromatic nitrogens is 2. The molecule has 0 saturated carbocycles. The molecule has 1 aromatic heterocycles. The van der Waals surface area contributed by atoms with Crippen molar-refractivity contribution in [2.45, 2.75) is 33.7 Å². The number of nitrogens with zero attached hydrogens (tertiary/aromatic N) is 4. The van der Waals surface area contributed by atoms with Crippen molar-refractivity contribution < 1.29 is 14.4 Å². The molecule has 0 N–H and O–H groups in total. The second-order valence-corrected chi connectivity index (χ2v) is 6.98. The molecular formula is C15H21ClN4O3. The predicted molar refractivity (Wildman–Crippen MR) is 84.7 cm³/mol. The summed E-state index contributed by atoms with van der Waals surface area (Å²) in [7, 11) is 0. The molecule has 0 unspecified atom stereocenters. The van der Waals surface area contributed by atoms with Gasteiger partial charge in [-0.3, -0.25) is 4.79 Å². The second kappa shape index (κ2) is 6.80. The zero-order chi connectivity index (χ0) is 17.2. The van der Waals surface area contributed by atoms with Crippen molar-refractivity contribution in [3.63, 3.8) is 0 Å². The third-order valence-electron chi connectivity index (χ3n) is 3.51. The van der Waals surface area contributed by atoms with E-state index in [9.17, 15) is 9.59 Å². The van der Waals surface area contributed by atoms with E-state index in [4.69, 9.17) is 16.4 Å². The van der Waals surface area contributed by atoms with Crippen LogP contribution in [0.3, 0.4) is 0 Å². The molecule has 7 nitrogen and oxygen atoms in total. The summed E-state index contributed by atoms with van der Waals surface area (Å²) in [5.74, 6) is -0.490. The van der Waals surface area contributed by atoms with E-state index in [1.165, 1.54) is 12.4 Å². The average Bonchev–Trinajstić information content (AvgIpc) is 2.48. The van der Waals surface area contributed by atoms with Gasteiger partial charge in [-0.15, -0.1) is 5.06 Å². The van der Waals surface area contributed by atoms with Crippen LogP contribution < -0.4 is 0 Å². The van der Waals surface area contributed by atoms with Crippen LogP contribution in [0.4, 0.5) is 0 Å². The van der Waals surface area contributed by atoms with Crippen LogP contribution in [0.2, 0.25) is 5.15 Å². The molecule has 1 aliphatic rings. The maximum Gasteiger partial charge on any atom is 0.330 e. The molecule has 8 heteroatoms. The van der Waals surface area contributed by atoms with Gasteiger partial charge in [0.2, 0.25) is 0 Å². The van der Waals surface area contributed by atoms with Crippen LogP contribution in [0.15, 0.2) is 12.4 Å². The van der Waals surface area contributed by atoms with Crippen molar-refractivity contribution in [1.82, 2.24) is 19.9 Å². The fourth-order valence-electron chi connectivity index (χ4n) is 2.09. The van der Waals surface area contributed by atoms with Gasteiger partial charge in [-0.1, -0.05) is 11.6 Å². The van der Waals surface area contributed by atoms with E-state index in [2.05, 4.69) is 9.97 Å². The lowest BCUT2D eigenvalue weighted by atomic mass is 9.98. The maximum atomic E-state index is 12.4. The SMILES string of the molecule is C[C@@H]1CN(C(=O)c2cnc(Cl)cn2)CCN1OC(=O)C(C)(C)C. The molecule has 2 rings (SSSR count). The summed E-state index contributed by atoms with van der Waals surface area (Å²) in [6.07, 6.45) is 2.71. The predicted octanol–water partition coefficient (Wildman–Crippen LogP) is 1.78. The Morgan fingerprint density at radius 2 is 1.96 bits per heavy atom. The number of carbonyl (C=O) groups is 2. The number of hydrogen-bond donors (Lipinski definition) is 0. The fraction of sp³-hybridized carbons (Fsp3) is 0.600. The van der Waals surface area contributed by atoms with Crippen molar-refractivity contribution >= 4 is 23.5 Å². The maximum absolute atomic E-state index is 12.4. The molecule has 1 amide bonds. The van der Waals surface area contributed by atoms with Gasteiger partial charge in [0.25, 0.3) is 5.91 Å². The Kier molecular flexibility index (Phi) is 5.21. The lowest BCUT2D eigenvalue weighted by molar-refractivity contribution is -0.217. The van der Waals surface area contributed by atoms with Crippen LogP contribution in [0.5, 0.6) is 0 Å². The van der Waals surface area contributed by atoms with E-state index in [0.717, 1.165) is 0 Å². The third kappa shape index (κ3) is 4.39. The van der Waals surface area contributed by atoms with Crippen LogP contribution in [0, 0.1) is 5.41 Å². The first-order chi connectivity index (χ1) is 10.7. The molecule has 126 valence electrons. The summed E-state index contributed by atoms with van der Waals surface area (Å²) in [5, 5.41) is 1.87. The standard InChI is InChI=1S/C15H21ClN4O3/c1-10-9-19(13(21)11-7-18-12(16)8-17-11)5-6-20(10)23-14(22)15(2,3)4/h7-8,10H,5-6,9H2,1-4H3/t10-/m1/s1. The Morgan fingerprint density at radius 1 is 1.26 bits per heavy atom. The molecule has 0 radical (unpaired) electrons. The highest BCUT2D eigenvalue weighted by molar-refractivity contribution is 6.29. The monoisotopic (exact) mass is 340 g/mol. The summed E-state index contributed by atoms with van der Waals surface area (Å²) in [5.41, 5.74) is -0.312. The van der Waals surface area contributed by atoms with E-state index in [0.29, 0.717) is 19.6 Å². The quantitative estimate of drug-likeness (QED) is 0.817. The van der Waals surface area contributed by atoms with E-state index in [-0.39, 0.29) is 28.8 Å². The van der Waals surface area contributed by atoms with Gasteiger partial charge in [0.15, 0.2) is 0 Å². The minimum Gasteiger partial charge on any atom is -0.367 e. The largest absolute Gasteiger partial charge is 0.367 e.